The molecule has 1 atom stereocenters. The van der Waals surface area contributed by atoms with Gasteiger partial charge in [-0.2, -0.15) is 0 Å². The molecule has 2 aliphatic heterocycles. The molecule has 2 heterocycles. The van der Waals surface area contributed by atoms with Crippen LogP contribution in [0.15, 0.2) is 34.8 Å². The molecule has 0 saturated carbocycles. The third kappa shape index (κ3) is 3.06. The third-order valence-corrected chi connectivity index (χ3v) is 4.89. The van der Waals surface area contributed by atoms with Crippen LogP contribution >= 0.6 is 15.9 Å². The second-order valence-corrected chi connectivity index (χ2v) is 6.92. The summed E-state index contributed by atoms with van der Waals surface area (Å²) in [5.74, 6) is 2.07. The average Bonchev–Trinajstić information content (AvgIpc) is 2.61. The minimum Gasteiger partial charge on any atom is -0.494 e. The van der Waals surface area contributed by atoms with Crippen LogP contribution in [-0.2, 0) is 4.79 Å². The number of carbonyl (C=O) groups excluding carboxylic acids is 1. The van der Waals surface area contributed by atoms with Crippen molar-refractivity contribution < 1.29 is 19.0 Å². The SMILES string of the molecule is CCOc1ccc(Br)cc1C1CC(=O)Nc2cc3c(cc21)OCCO3. The summed E-state index contributed by atoms with van der Waals surface area (Å²) in [7, 11) is 0. The van der Waals surface area contributed by atoms with Crippen molar-refractivity contribution in [3.05, 3.63) is 45.9 Å². The summed E-state index contributed by atoms with van der Waals surface area (Å²) < 4.78 is 18.1. The van der Waals surface area contributed by atoms with Gasteiger partial charge in [-0.15, -0.1) is 0 Å². The van der Waals surface area contributed by atoms with Crippen molar-refractivity contribution in [3.8, 4) is 17.2 Å². The Balaban J connectivity index is 1.85. The molecule has 2 aromatic carbocycles. The number of hydrogen-bond donors (Lipinski definition) is 1. The summed E-state index contributed by atoms with van der Waals surface area (Å²) in [6, 6.07) is 9.74. The van der Waals surface area contributed by atoms with Gasteiger partial charge in [-0.3, -0.25) is 4.79 Å². The van der Waals surface area contributed by atoms with Gasteiger partial charge in [0.1, 0.15) is 19.0 Å². The molecule has 4 rings (SSSR count). The van der Waals surface area contributed by atoms with Gasteiger partial charge in [0.15, 0.2) is 11.5 Å². The van der Waals surface area contributed by atoms with Crippen molar-refractivity contribution in [3.63, 3.8) is 0 Å². The standard InChI is InChI=1S/C19H18BrNO4/c1-2-23-16-4-3-11(20)7-14(16)12-9-19(22)21-15-10-18-17(8-13(12)15)24-5-6-25-18/h3-4,7-8,10,12H,2,5-6,9H2,1H3,(H,21,22). The molecule has 1 N–H and O–H groups in total. The molecule has 25 heavy (non-hydrogen) atoms. The van der Waals surface area contributed by atoms with Crippen LogP contribution in [0.5, 0.6) is 17.2 Å². The van der Waals surface area contributed by atoms with E-state index in [4.69, 9.17) is 14.2 Å². The monoisotopic (exact) mass is 403 g/mol. The maximum Gasteiger partial charge on any atom is 0.225 e. The summed E-state index contributed by atoms with van der Waals surface area (Å²) in [5, 5.41) is 2.95. The predicted molar refractivity (Wildman–Crippen MR) is 97.8 cm³/mol. The van der Waals surface area contributed by atoms with Crippen molar-refractivity contribution in [1.29, 1.82) is 0 Å². The largest absolute Gasteiger partial charge is 0.494 e. The highest BCUT2D eigenvalue weighted by Crippen LogP contribution is 2.46. The lowest BCUT2D eigenvalue weighted by Crippen LogP contribution is -2.25. The Bertz CT molecular complexity index is 836. The smallest absolute Gasteiger partial charge is 0.225 e. The Hall–Kier alpha value is -2.21. The van der Waals surface area contributed by atoms with Crippen molar-refractivity contribution in [2.45, 2.75) is 19.3 Å². The van der Waals surface area contributed by atoms with E-state index >= 15 is 0 Å². The topological polar surface area (TPSA) is 56.8 Å². The zero-order chi connectivity index (χ0) is 17.4. The zero-order valence-electron chi connectivity index (χ0n) is 13.8. The minimum absolute atomic E-state index is 0.0170. The Morgan fingerprint density at radius 2 is 1.92 bits per heavy atom. The molecule has 0 aromatic heterocycles. The molecule has 0 bridgehead atoms. The molecular weight excluding hydrogens is 386 g/mol. The zero-order valence-corrected chi connectivity index (χ0v) is 15.4. The molecule has 2 aromatic rings. The maximum absolute atomic E-state index is 12.3. The maximum atomic E-state index is 12.3. The van der Waals surface area contributed by atoms with Crippen molar-refractivity contribution in [2.75, 3.05) is 25.1 Å². The van der Waals surface area contributed by atoms with E-state index < -0.39 is 0 Å². The Kier molecular flexibility index (Phi) is 4.29. The van der Waals surface area contributed by atoms with E-state index in [9.17, 15) is 4.79 Å². The van der Waals surface area contributed by atoms with Crippen LogP contribution in [0, 0.1) is 0 Å². The second-order valence-electron chi connectivity index (χ2n) is 6.00. The molecule has 0 spiro atoms. The number of nitrogens with one attached hydrogen (secondary N) is 1. The molecule has 130 valence electrons. The van der Waals surface area contributed by atoms with Crippen molar-refractivity contribution in [1.82, 2.24) is 0 Å². The first-order valence-electron chi connectivity index (χ1n) is 8.31. The summed E-state index contributed by atoms with van der Waals surface area (Å²) in [4.78, 5) is 12.3. The number of carbonyl (C=O) groups is 1. The van der Waals surface area contributed by atoms with Crippen LogP contribution in [0.3, 0.4) is 0 Å². The van der Waals surface area contributed by atoms with Crippen LogP contribution in [-0.4, -0.2) is 25.7 Å². The van der Waals surface area contributed by atoms with Crippen LogP contribution in [0.25, 0.3) is 0 Å². The highest BCUT2D eigenvalue weighted by Gasteiger charge is 2.31. The fraction of sp³-hybridized carbons (Fsp3) is 0.316. The van der Waals surface area contributed by atoms with Gasteiger partial charge >= 0.3 is 0 Å². The lowest BCUT2D eigenvalue weighted by Gasteiger charge is -2.29. The second kappa shape index (κ2) is 6.59. The van der Waals surface area contributed by atoms with E-state index in [0.717, 1.165) is 32.8 Å². The summed E-state index contributed by atoms with van der Waals surface area (Å²) in [5.41, 5.74) is 2.78. The predicted octanol–water partition coefficient (Wildman–Crippen LogP) is 4.09. The first-order chi connectivity index (χ1) is 12.2. The minimum atomic E-state index is -0.0985. The fourth-order valence-electron chi connectivity index (χ4n) is 3.35. The number of fused-ring (bicyclic) bond motifs is 2. The molecule has 0 fully saturated rings. The molecule has 1 amide bonds. The molecule has 6 heteroatoms. The molecule has 0 saturated heterocycles. The van der Waals surface area contributed by atoms with E-state index in [1.807, 2.05) is 37.3 Å². The fourth-order valence-corrected chi connectivity index (χ4v) is 3.73. The van der Waals surface area contributed by atoms with Crippen LogP contribution in [0.4, 0.5) is 5.69 Å². The van der Waals surface area contributed by atoms with E-state index in [1.54, 1.807) is 0 Å². The summed E-state index contributed by atoms with van der Waals surface area (Å²) >= 11 is 3.53. The van der Waals surface area contributed by atoms with Gasteiger partial charge in [-0.05, 0) is 36.8 Å². The lowest BCUT2D eigenvalue weighted by atomic mass is 9.84. The number of ether oxygens (including phenoxy) is 3. The van der Waals surface area contributed by atoms with Crippen LogP contribution < -0.4 is 19.5 Å². The van der Waals surface area contributed by atoms with Crippen LogP contribution in [0.1, 0.15) is 30.4 Å². The highest BCUT2D eigenvalue weighted by molar-refractivity contribution is 9.10. The molecule has 1 unspecified atom stereocenters. The number of amides is 1. The first kappa shape index (κ1) is 16.3. The Labute approximate surface area is 154 Å². The normalized spacial score (nSPS) is 18.3. The molecule has 0 aliphatic carbocycles. The molecule has 0 radical (unpaired) electrons. The summed E-state index contributed by atoms with van der Waals surface area (Å²) in [6.07, 6.45) is 0.364. The summed E-state index contributed by atoms with van der Waals surface area (Å²) in [6.45, 7) is 3.57. The van der Waals surface area contributed by atoms with Gasteiger partial charge in [0.25, 0.3) is 0 Å². The van der Waals surface area contributed by atoms with E-state index in [2.05, 4.69) is 21.2 Å². The third-order valence-electron chi connectivity index (χ3n) is 4.40. The van der Waals surface area contributed by atoms with Gasteiger partial charge in [-0.25, -0.2) is 0 Å². The number of benzene rings is 2. The van der Waals surface area contributed by atoms with Gasteiger partial charge < -0.3 is 19.5 Å². The van der Waals surface area contributed by atoms with Gasteiger partial charge in [0.2, 0.25) is 5.91 Å². The first-order valence-corrected chi connectivity index (χ1v) is 9.10. The van der Waals surface area contributed by atoms with E-state index in [0.29, 0.717) is 32.0 Å². The molecular formula is C19H18BrNO4. The van der Waals surface area contributed by atoms with E-state index in [1.165, 1.54) is 0 Å². The number of anilines is 1. The van der Waals surface area contributed by atoms with Crippen molar-refractivity contribution >= 4 is 27.5 Å². The molecule has 5 nitrogen and oxygen atoms in total. The average molecular weight is 404 g/mol. The lowest BCUT2D eigenvalue weighted by molar-refractivity contribution is -0.116. The highest BCUT2D eigenvalue weighted by atomic mass is 79.9. The van der Waals surface area contributed by atoms with Crippen molar-refractivity contribution in [2.24, 2.45) is 0 Å². The quantitative estimate of drug-likeness (QED) is 0.837. The molecule has 2 aliphatic rings. The Morgan fingerprint density at radius 3 is 2.68 bits per heavy atom. The van der Waals surface area contributed by atoms with Gasteiger partial charge in [0, 0.05) is 34.1 Å². The Morgan fingerprint density at radius 1 is 1.16 bits per heavy atom. The van der Waals surface area contributed by atoms with Crippen LogP contribution in [0.2, 0.25) is 0 Å². The number of rotatable bonds is 3. The number of hydrogen-bond acceptors (Lipinski definition) is 4. The van der Waals surface area contributed by atoms with Gasteiger partial charge in [0.05, 0.1) is 6.61 Å². The van der Waals surface area contributed by atoms with Gasteiger partial charge in [-0.1, -0.05) is 15.9 Å². The number of halogens is 1. The van der Waals surface area contributed by atoms with E-state index in [-0.39, 0.29) is 11.8 Å².